The molecule has 2 nitrogen and oxygen atoms in total. The first-order chi connectivity index (χ1) is 9.79. The van der Waals surface area contributed by atoms with Gasteiger partial charge in [-0.05, 0) is 37.1 Å². The molecule has 0 aliphatic carbocycles. The molecule has 3 rings (SSSR count). The second-order valence-corrected chi connectivity index (χ2v) is 5.58. The number of hydrogen-bond donors (Lipinski definition) is 1. The molecule has 0 spiro atoms. The lowest BCUT2D eigenvalue weighted by Gasteiger charge is -2.33. The monoisotopic (exact) mass is 267 g/mol. The van der Waals surface area contributed by atoms with Gasteiger partial charge in [0.15, 0.2) is 0 Å². The molecule has 2 aromatic carbocycles. The molecule has 2 aromatic rings. The van der Waals surface area contributed by atoms with Gasteiger partial charge in [-0.2, -0.15) is 0 Å². The Labute approximate surface area is 120 Å². The molecule has 1 fully saturated rings. The van der Waals surface area contributed by atoms with Crippen molar-refractivity contribution in [3.05, 3.63) is 71.8 Å². The fraction of sp³-hybridized carbons (Fsp3) is 0.333. The van der Waals surface area contributed by atoms with Crippen molar-refractivity contribution in [1.29, 1.82) is 0 Å². The Bertz CT molecular complexity index is 492. The van der Waals surface area contributed by atoms with Gasteiger partial charge in [0.25, 0.3) is 0 Å². The summed E-state index contributed by atoms with van der Waals surface area (Å²) in [6.07, 6.45) is 2.47. The van der Waals surface area contributed by atoms with Crippen LogP contribution in [0.1, 0.15) is 24.0 Å². The Morgan fingerprint density at radius 3 is 1.70 bits per heavy atom. The first-order valence-electron chi connectivity index (χ1n) is 7.35. The molecule has 104 valence electrons. The average molecular weight is 267 g/mol. The number of rotatable bonds is 4. The fourth-order valence-electron chi connectivity index (χ4n) is 3.04. The van der Waals surface area contributed by atoms with Crippen LogP contribution in [0.25, 0.3) is 0 Å². The van der Waals surface area contributed by atoms with Gasteiger partial charge in [-0.1, -0.05) is 60.7 Å². The van der Waals surface area contributed by atoms with Crippen molar-refractivity contribution in [2.75, 3.05) is 19.6 Å². The van der Waals surface area contributed by atoms with E-state index in [1.54, 1.807) is 0 Å². The summed E-state index contributed by atoms with van der Waals surface area (Å²) in [5.74, 6) is 0. The van der Waals surface area contributed by atoms with Gasteiger partial charge < -0.3 is 5.11 Å². The van der Waals surface area contributed by atoms with Crippen LogP contribution < -0.4 is 0 Å². The van der Waals surface area contributed by atoms with Gasteiger partial charge in [-0.3, -0.25) is 4.90 Å². The zero-order valence-electron chi connectivity index (χ0n) is 11.7. The van der Waals surface area contributed by atoms with E-state index in [2.05, 4.69) is 4.90 Å². The highest BCUT2D eigenvalue weighted by Crippen LogP contribution is 2.31. The van der Waals surface area contributed by atoms with Crippen LogP contribution in [0.15, 0.2) is 60.7 Å². The highest BCUT2D eigenvalue weighted by atomic mass is 16.3. The molecular formula is C18H21NO. The van der Waals surface area contributed by atoms with E-state index in [4.69, 9.17) is 0 Å². The largest absolute Gasteiger partial charge is 0.379 e. The molecule has 2 heteroatoms. The minimum atomic E-state index is -0.924. The predicted molar refractivity (Wildman–Crippen MR) is 81.6 cm³/mol. The summed E-state index contributed by atoms with van der Waals surface area (Å²) in [6.45, 7) is 2.84. The van der Waals surface area contributed by atoms with Gasteiger partial charge in [0.1, 0.15) is 5.60 Å². The van der Waals surface area contributed by atoms with Crippen LogP contribution in [-0.4, -0.2) is 29.6 Å². The summed E-state index contributed by atoms with van der Waals surface area (Å²) in [6, 6.07) is 20.0. The lowest BCUT2D eigenvalue weighted by Crippen LogP contribution is -2.40. The van der Waals surface area contributed by atoms with Crippen molar-refractivity contribution in [3.8, 4) is 0 Å². The Balaban J connectivity index is 1.98. The number of β-amino-alcohol motifs (C(OH)–C–C–N with tert-alkyl or cyclic N) is 1. The predicted octanol–water partition coefficient (Wildman–Crippen LogP) is 3.02. The number of benzene rings is 2. The molecule has 0 bridgehead atoms. The molecule has 0 amide bonds. The Morgan fingerprint density at radius 2 is 1.25 bits per heavy atom. The summed E-state index contributed by atoms with van der Waals surface area (Å²) in [4.78, 5) is 2.36. The first kappa shape index (κ1) is 13.3. The second kappa shape index (κ2) is 5.78. The molecule has 1 saturated heterocycles. The zero-order chi connectivity index (χ0) is 13.8. The topological polar surface area (TPSA) is 23.5 Å². The molecule has 0 radical (unpaired) electrons. The maximum Gasteiger partial charge on any atom is 0.127 e. The summed E-state index contributed by atoms with van der Waals surface area (Å²) < 4.78 is 0. The van der Waals surface area contributed by atoms with Crippen molar-refractivity contribution in [1.82, 2.24) is 4.90 Å². The summed E-state index contributed by atoms with van der Waals surface area (Å²) in [5, 5.41) is 11.4. The quantitative estimate of drug-likeness (QED) is 0.920. The van der Waals surface area contributed by atoms with Crippen molar-refractivity contribution >= 4 is 0 Å². The van der Waals surface area contributed by atoms with Gasteiger partial charge >= 0.3 is 0 Å². The van der Waals surface area contributed by atoms with E-state index in [-0.39, 0.29) is 0 Å². The molecule has 0 unspecified atom stereocenters. The SMILES string of the molecule is OC(CN1CCCC1)(c1ccccc1)c1ccccc1. The van der Waals surface area contributed by atoms with Crippen LogP contribution in [-0.2, 0) is 5.60 Å². The van der Waals surface area contributed by atoms with Gasteiger partial charge in [-0.25, -0.2) is 0 Å². The number of aliphatic hydroxyl groups is 1. The molecule has 1 aliphatic rings. The van der Waals surface area contributed by atoms with Crippen molar-refractivity contribution in [3.63, 3.8) is 0 Å². The minimum Gasteiger partial charge on any atom is -0.379 e. The van der Waals surface area contributed by atoms with E-state index in [9.17, 15) is 5.11 Å². The molecule has 1 aliphatic heterocycles. The lowest BCUT2D eigenvalue weighted by atomic mass is 9.86. The van der Waals surface area contributed by atoms with Gasteiger partial charge in [0.05, 0.1) is 0 Å². The highest BCUT2D eigenvalue weighted by Gasteiger charge is 2.34. The zero-order valence-corrected chi connectivity index (χ0v) is 11.7. The average Bonchev–Trinajstić information content (AvgIpc) is 3.02. The van der Waals surface area contributed by atoms with Gasteiger partial charge in [0.2, 0.25) is 0 Å². The standard InChI is InChI=1S/C18H21NO/c20-18(15-19-13-7-8-14-19,16-9-3-1-4-10-16)17-11-5-2-6-12-17/h1-6,9-12,20H,7-8,13-15H2. The van der Waals surface area contributed by atoms with Crippen molar-refractivity contribution < 1.29 is 5.11 Å². The van der Waals surface area contributed by atoms with Gasteiger partial charge in [0, 0.05) is 6.54 Å². The van der Waals surface area contributed by atoms with Crippen LogP contribution >= 0.6 is 0 Å². The lowest BCUT2D eigenvalue weighted by molar-refractivity contribution is 0.0433. The van der Waals surface area contributed by atoms with Crippen LogP contribution in [0.3, 0.4) is 0 Å². The van der Waals surface area contributed by atoms with Gasteiger partial charge in [-0.15, -0.1) is 0 Å². The van der Waals surface area contributed by atoms with Crippen LogP contribution in [0, 0.1) is 0 Å². The van der Waals surface area contributed by atoms with E-state index < -0.39 is 5.60 Å². The molecular weight excluding hydrogens is 246 g/mol. The van der Waals surface area contributed by atoms with E-state index in [1.807, 2.05) is 60.7 Å². The molecule has 20 heavy (non-hydrogen) atoms. The highest BCUT2D eigenvalue weighted by molar-refractivity contribution is 5.36. The minimum absolute atomic E-state index is 0.668. The smallest absolute Gasteiger partial charge is 0.127 e. The molecule has 0 atom stereocenters. The first-order valence-corrected chi connectivity index (χ1v) is 7.35. The maximum absolute atomic E-state index is 11.4. The van der Waals surface area contributed by atoms with E-state index >= 15 is 0 Å². The van der Waals surface area contributed by atoms with E-state index in [0.29, 0.717) is 6.54 Å². The summed E-state index contributed by atoms with van der Waals surface area (Å²) in [7, 11) is 0. The third kappa shape index (κ3) is 2.62. The number of nitrogens with zero attached hydrogens (tertiary/aromatic N) is 1. The molecule has 1 heterocycles. The number of hydrogen-bond acceptors (Lipinski definition) is 2. The van der Waals surface area contributed by atoms with Crippen LogP contribution in [0.4, 0.5) is 0 Å². The summed E-state index contributed by atoms with van der Waals surface area (Å²) >= 11 is 0. The maximum atomic E-state index is 11.4. The third-order valence-corrected chi connectivity index (χ3v) is 4.15. The molecule has 0 saturated carbocycles. The van der Waals surface area contributed by atoms with Crippen molar-refractivity contribution in [2.24, 2.45) is 0 Å². The van der Waals surface area contributed by atoms with Crippen LogP contribution in [0.5, 0.6) is 0 Å². The second-order valence-electron chi connectivity index (χ2n) is 5.58. The Hall–Kier alpha value is -1.64. The van der Waals surface area contributed by atoms with E-state index in [0.717, 1.165) is 24.2 Å². The Morgan fingerprint density at radius 1 is 0.800 bits per heavy atom. The third-order valence-electron chi connectivity index (χ3n) is 4.15. The van der Waals surface area contributed by atoms with Crippen LogP contribution in [0.2, 0.25) is 0 Å². The molecule has 1 N–H and O–H groups in total. The number of likely N-dealkylation sites (tertiary alicyclic amines) is 1. The van der Waals surface area contributed by atoms with E-state index in [1.165, 1.54) is 12.8 Å². The normalized spacial score (nSPS) is 16.4. The molecule has 0 aromatic heterocycles. The van der Waals surface area contributed by atoms with Crippen molar-refractivity contribution in [2.45, 2.75) is 18.4 Å². The summed E-state index contributed by atoms with van der Waals surface area (Å²) in [5.41, 5.74) is 1.02. The fourth-order valence-corrected chi connectivity index (χ4v) is 3.04. The Kier molecular flexibility index (Phi) is 3.86.